The Balaban J connectivity index is 0.000000215. The van der Waals surface area contributed by atoms with E-state index in [1.54, 1.807) is 46.2 Å². The minimum Gasteiger partial charge on any atom is -0.367 e. The number of hydrogen-bond acceptors (Lipinski definition) is 10. The van der Waals surface area contributed by atoms with Crippen molar-refractivity contribution in [3.8, 4) is 11.4 Å². The van der Waals surface area contributed by atoms with Crippen molar-refractivity contribution in [3.05, 3.63) is 116 Å². The largest absolute Gasteiger partial charge is 0.367 e. The fourth-order valence-corrected chi connectivity index (χ4v) is 9.29. The summed E-state index contributed by atoms with van der Waals surface area (Å²) in [6.07, 6.45) is 5.16. The number of piperazine rings is 2. The Bertz CT molecular complexity index is 2360. The maximum atomic E-state index is 13.2. The number of benzene rings is 2. The van der Waals surface area contributed by atoms with Crippen LogP contribution in [0.5, 0.6) is 0 Å². The van der Waals surface area contributed by atoms with E-state index in [9.17, 15) is 35.2 Å². The summed E-state index contributed by atoms with van der Waals surface area (Å²) in [6.45, 7) is 13.7. The molecule has 4 heterocycles. The Morgan fingerprint density at radius 1 is 0.661 bits per heavy atom. The van der Waals surface area contributed by atoms with E-state index in [1.807, 2.05) is 9.80 Å². The lowest BCUT2D eigenvalue weighted by atomic mass is 10.1. The third-order valence-electron chi connectivity index (χ3n) is 9.52. The van der Waals surface area contributed by atoms with Crippen LogP contribution in [0.3, 0.4) is 0 Å². The first kappa shape index (κ1) is 42.8. The topological polar surface area (TPSA) is 151 Å². The highest BCUT2D eigenvalue weighted by Gasteiger charge is 2.32. The second kappa shape index (κ2) is 17.9. The van der Waals surface area contributed by atoms with E-state index in [0.717, 1.165) is 0 Å². The van der Waals surface area contributed by atoms with Gasteiger partial charge in [0.25, 0.3) is 11.1 Å². The molecule has 14 nitrogen and oxygen atoms in total. The van der Waals surface area contributed by atoms with Crippen molar-refractivity contribution in [2.45, 2.75) is 44.6 Å². The van der Waals surface area contributed by atoms with Gasteiger partial charge in [-0.1, -0.05) is 6.08 Å². The third-order valence-corrected chi connectivity index (χ3v) is 14.8. The van der Waals surface area contributed by atoms with Gasteiger partial charge in [-0.3, -0.25) is 9.59 Å². The van der Waals surface area contributed by atoms with Gasteiger partial charge in [0, 0.05) is 57.9 Å². The molecule has 0 spiro atoms. The van der Waals surface area contributed by atoms with Gasteiger partial charge < -0.3 is 9.80 Å². The first-order chi connectivity index (χ1) is 26.5. The van der Waals surface area contributed by atoms with Crippen molar-refractivity contribution in [2.24, 2.45) is 0 Å². The molecule has 0 N–H and O–H groups in total. The van der Waals surface area contributed by atoms with Crippen molar-refractivity contribution < 1.29 is 25.6 Å². The Hall–Kier alpha value is -4.30. The van der Waals surface area contributed by atoms with Crippen molar-refractivity contribution in [1.82, 2.24) is 28.2 Å². The average Bonchev–Trinajstić information content (AvgIpc) is 3.18. The van der Waals surface area contributed by atoms with Crippen molar-refractivity contribution in [3.63, 3.8) is 0 Å². The Morgan fingerprint density at radius 2 is 1.04 bits per heavy atom. The highest BCUT2D eigenvalue weighted by Crippen LogP contribution is 2.25. The van der Waals surface area contributed by atoms with Crippen LogP contribution in [-0.2, 0) is 26.5 Å². The summed E-state index contributed by atoms with van der Waals surface area (Å²) < 4.78 is 81.3. The number of rotatable bonds is 10. The monoisotopic (exact) mass is 878 g/mol. The molecule has 2 aromatic heterocycles. The zero-order valence-corrected chi connectivity index (χ0v) is 34.8. The van der Waals surface area contributed by atoms with Gasteiger partial charge in [0.05, 0.1) is 45.6 Å². The Labute approximate surface area is 333 Å². The first-order valence-electron chi connectivity index (χ1n) is 18.0. The number of aromatic nitrogens is 4. The lowest BCUT2D eigenvalue weighted by Crippen LogP contribution is -2.51. The minimum absolute atomic E-state index is 0.300. The van der Waals surface area contributed by atoms with Crippen LogP contribution < -0.4 is 20.9 Å². The molecular weight excluding hydrogens is 834 g/mol. The molecule has 0 atom stereocenters. The zero-order chi connectivity index (χ0) is 40.9. The zero-order valence-electron chi connectivity index (χ0n) is 31.6. The summed E-state index contributed by atoms with van der Waals surface area (Å²) >= 11 is 3.34. The maximum Gasteiger partial charge on any atom is 0.287 e. The number of anilines is 2. The molecule has 0 aliphatic carbocycles. The lowest BCUT2D eigenvalue weighted by Gasteiger charge is -2.36. The second-order valence-corrected chi connectivity index (χ2v) is 19.5. The van der Waals surface area contributed by atoms with Crippen LogP contribution in [0.25, 0.3) is 11.4 Å². The van der Waals surface area contributed by atoms with E-state index in [2.05, 4.69) is 32.7 Å². The van der Waals surface area contributed by atoms with Gasteiger partial charge in [-0.2, -0.15) is 28.2 Å². The molecule has 0 unspecified atom stereocenters. The van der Waals surface area contributed by atoms with Gasteiger partial charge >= 0.3 is 0 Å². The van der Waals surface area contributed by atoms with E-state index >= 15 is 0 Å². The summed E-state index contributed by atoms with van der Waals surface area (Å²) in [4.78, 5) is 29.6. The van der Waals surface area contributed by atoms with E-state index in [1.165, 1.54) is 66.5 Å². The molecule has 56 heavy (non-hydrogen) atoms. The molecule has 2 aromatic carbocycles. The standard InChI is InChI=1S/C20H25FN4O3S.C17H20BrFN4O3S/c1-4-5-18-19(23-10-12-24(13-11-23)29(27,28)15(2)3)14-22-25(20(18)26)17-8-6-16(21)7-9-17;1-12(2)27(25,26)22-9-7-21(8-10-22)15-11-20-23(17(24)16(15)18)14-5-3-13(19)4-6-14/h4,6-9,14-15H,1,5,10-13H2,2-3H3;3-6,11-12H,7-10H2,1-2H3. The fourth-order valence-electron chi connectivity index (χ4n) is 6.23. The van der Waals surface area contributed by atoms with Crippen molar-refractivity contribution in [2.75, 3.05) is 62.2 Å². The van der Waals surface area contributed by atoms with Crippen LogP contribution in [0, 0.1) is 11.6 Å². The predicted octanol–water partition coefficient (Wildman–Crippen LogP) is 3.95. The maximum absolute atomic E-state index is 13.2. The summed E-state index contributed by atoms with van der Waals surface area (Å²) in [7, 11) is -6.59. The van der Waals surface area contributed by atoms with Crippen LogP contribution in [0.2, 0.25) is 0 Å². The molecule has 0 radical (unpaired) electrons. The molecule has 302 valence electrons. The quantitative estimate of drug-likeness (QED) is 0.214. The van der Waals surface area contributed by atoms with E-state index in [-0.39, 0.29) is 16.9 Å². The molecule has 4 aromatic rings. The Morgan fingerprint density at radius 3 is 1.43 bits per heavy atom. The number of halogens is 3. The molecule has 0 bridgehead atoms. The van der Waals surface area contributed by atoms with Gasteiger partial charge in [-0.05, 0) is 98.6 Å². The summed E-state index contributed by atoms with van der Waals surface area (Å²) in [5.74, 6) is -0.782. The number of allylic oxidation sites excluding steroid dienone is 1. The van der Waals surface area contributed by atoms with E-state index in [4.69, 9.17) is 0 Å². The molecule has 6 rings (SSSR count). The molecule has 2 fully saturated rings. The number of hydrogen-bond donors (Lipinski definition) is 0. The predicted molar refractivity (Wildman–Crippen MR) is 217 cm³/mol. The SMILES string of the molecule is C=CCc1c(N2CCN(S(=O)(=O)C(C)C)CC2)cnn(-c2ccc(F)cc2)c1=O.CC(C)S(=O)(=O)N1CCN(c2cnn(-c3ccc(F)cc3)c(=O)c2Br)CC1. The fraction of sp³-hybridized carbons (Fsp3) is 0.405. The third kappa shape index (κ3) is 9.28. The Kier molecular flexibility index (Phi) is 13.7. The van der Waals surface area contributed by atoms with Crippen LogP contribution >= 0.6 is 15.9 Å². The van der Waals surface area contributed by atoms with E-state index < -0.39 is 36.4 Å². The molecule has 0 amide bonds. The van der Waals surface area contributed by atoms with Gasteiger partial charge in [0.15, 0.2) is 0 Å². The second-order valence-electron chi connectivity index (χ2n) is 13.7. The minimum atomic E-state index is -3.30. The van der Waals surface area contributed by atoms with Gasteiger partial charge in [0.1, 0.15) is 16.1 Å². The average molecular weight is 880 g/mol. The summed E-state index contributed by atoms with van der Waals surface area (Å²) in [5, 5.41) is 7.53. The molecule has 2 aliphatic heterocycles. The van der Waals surface area contributed by atoms with Gasteiger partial charge in [-0.25, -0.2) is 25.6 Å². The molecule has 19 heteroatoms. The van der Waals surface area contributed by atoms with Crippen LogP contribution in [-0.4, -0.2) is 108 Å². The highest BCUT2D eigenvalue weighted by atomic mass is 79.9. The summed E-state index contributed by atoms with van der Waals surface area (Å²) in [5.41, 5.74) is 2.08. The molecular formula is C37H45BrF2N8O6S2. The molecule has 2 saturated heterocycles. The molecule has 2 aliphatic rings. The van der Waals surface area contributed by atoms with Gasteiger partial charge in [0.2, 0.25) is 20.0 Å². The van der Waals surface area contributed by atoms with Crippen LogP contribution in [0.15, 0.2) is 87.6 Å². The van der Waals surface area contributed by atoms with Crippen molar-refractivity contribution in [1.29, 1.82) is 0 Å². The van der Waals surface area contributed by atoms with Gasteiger partial charge in [-0.15, -0.1) is 6.58 Å². The van der Waals surface area contributed by atoms with Crippen LogP contribution in [0.1, 0.15) is 33.3 Å². The normalized spacial score (nSPS) is 15.9. The lowest BCUT2D eigenvalue weighted by molar-refractivity contribution is 0.380. The summed E-state index contributed by atoms with van der Waals surface area (Å²) in [6, 6.07) is 11.0. The molecule has 0 saturated carbocycles. The highest BCUT2D eigenvalue weighted by molar-refractivity contribution is 9.10. The number of sulfonamides is 2. The van der Waals surface area contributed by atoms with Crippen molar-refractivity contribution >= 4 is 47.4 Å². The van der Waals surface area contributed by atoms with E-state index in [0.29, 0.717) is 91.6 Å². The first-order valence-corrected chi connectivity index (χ1v) is 21.8. The number of nitrogens with zero attached hydrogens (tertiary/aromatic N) is 8. The van der Waals surface area contributed by atoms with Crippen LogP contribution in [0.4, 0.5) is 20.2 Å². The smallest absolute Gasteiger partial charge is 0.287 e.